The number of ether oxygens (including phenoxy) is 1. The van der Waals surface area contributed by atoms with E-state index >= 15 is 0 Å². The molecule has 1 aromatic rings. The zero-order valence-corrected chi connectivity index (χ0v) is 22.4. The summed E-state index contributed by atoms with van der Waals surface area (Å²) < 4.78 is 43.3. The van der Waals surface area contributed by atoms with Gasteiger partial charge in [-0.3, -0.25) is 4.79 Å². The van der Waals surface area contributed by atoms with Crippen LogP contribution in [0.25, 0.3) is 0 Å². The second kappa shape index (κ2) is 9.32. The lowest BCUT2D eigenvalue weighted by molar-refractivity contribution is -0.131. The van der Waals surface area contributed by atoms with Crippen LogP contribution in [0.5, 0.6) is 0 Å². The quantitative estimate of drug-likeness (QED) is 0.455. The SMILES string of the molecule is C[C@H](NC(=O)OC(C)(C)C)C(=O)N1CC[C@H](S(=O)(=O)c2ncc(B3OC(C)(C)C(C)(C)O3)cn2)C1. The third-order valence-corrected chi connectivity index (χ3v) is 8.41. The van der Waals surface area contributed by atoms with Gasteiger partial charge in [-0.05, 0) is 61.8 Å². The topological polar surface area (TPSA) is 137 Å². The number of nitrogens with one attached hydrogen (secondary N) is 1. The van der Waals surface area contributed by atoms with Gasteiger partial charge in [-0.1, -0.05) is 0 Å². The van der Waals surface area contributed by atoms with Crippen LogP contribution in [-0.2, 0) is 28.7 Å². The maximum atomic E-state index is 13.1. The van der Waals surface area contributed by atoms with E-state index in [4.69, 9.17) is 14.0 Å². The average Bonchev–Trinajstić information content (AvgIpc) is 3.29. The largest absolute Gasteiger partial charge is 0.498 e. The maximum absolute atomic E-state index is 13.1. The Kier molecular flexibility index (Phi) is 7.29. The first kappa shape index (κ1) is 27.3. The van der Waals surface area contributed by atoms with E-state index in [1.807, 2.05) is 27.7 Å². The number of aromatic nitrogens is 2. The summed E-state index contributed by atoms with van der Waals surface area (Å²) in [6, 6.07) is -0.859. The minimum Gasteiger partial charge on any atom is -0.444 e. The molecule has 2 aliphatic rings. The number of rotatable bonds is 5. The minimum atomic E-state index is -3.87. The lowest BCUT2D eigenvalue weighted by atomic mass is 9.81. The molecule has 194 valence electrons. The Hall–Kier alpha value is -2.25. The highest BCUT2D eigenvalue weighted by molar-refractivity contribution is 7.91. The number of hydrogen-bond donors (Lipinski definition) is 1. The third-order valence-electron chi connectivity index (χ3n) is 6.43. The molecule has 1 aromatic heterocycles. The van der Waals surface area contributed by atoms with E-state index < -0.39 is 51.1 Å². The number of carbonyl (C=O) groups excluding carboxylic acids is 2. The first-order chi connectivity index (χ1) is 15.9. The molecule has 3 rings (SSSR count). The van der Waals surface area contributed by atoms with Crippen LogP contribution in [0.1, 0.15) is 61.8 Å². The molecule has 35 heavy (non-hydrogen) atoms. The summed E-state index contributed by atoms with van der Waals surface area (Å²) >= 11 is 0. The Labute approximate surface area is 207 Å². The molecule has 2 fully saturated rings. The van der Waals surface area contributed by atoms with Gasteiger partial charge < -0.3 is 24.3 Å². The van der Waals surface area contributed by atoms with Crippen LogP contribution in [0.3, 0.4) is 0 Å². The van der Waals surface area contributed by atoms with E-state index in [9.17, 15) is 18.0 Å². The predicted octanol–water partition coefficient (Wildman–Crippen LogP) is 1.06. The van der Waals surface area contributed by atoms with E-state index in [-0.39, 0.29) is 30.6 Å². The number of alkyl carbamates (subject to hydrolysis) is 1. The van der Waals surface area contributed by atoms with E-state index in [1.54, 1.807) is 20.8 Å². The van der Waals surface area contributed by atoms with E-state index in [1.165, 1.54) is 24.2 Å². The molecule has 13 heteroatoms. The Morgan fingerprint density at radius 1 is 1.17 bits per heavy atom. The van der Waals surface area contributed by atoms with E-state index in [0.717, 1.165) is 0 Å². The Bertz CT molecular complexity index is 1050. The van der Waals surface area contributed by atoms with Crippen molar-refractivity contribution in [3.8, 4) is 0 Å². The zero-order valence-electron chi connectivity index (χ0n) is 21.6. The fourth-order valence-electron chi connectivity index (χ4n) is 3.72. The van der Waals surface area contributed by atoms with Crippen molar-refractivity contribution in [2.24, 2.45) is 0 Å². The Morgan fingerprint density at radius 3 is 2.23 bits per heavy atom. The van der Waals surface area contributed by atoms with Crippen LogP contribution in [0, 0.1) is 0 Å². The monoisotopic (exact) mass is 510 g/mol. The highest BCUT2D eigenvalue weighted by Crippen LogP contribution is 2.36. The summed E-state index contributed by atoms with van der Waals surface area (Å²) in [5.74, 6) is -0.384. The molecule has 0 saturated carbocycles. The summed E-state index contributed by atoms with van der Waals surface area (Å²) in [6.45, 7) is 14.6. The molecular formula is C22H35BN4O7S. The van der Waals surface area contributed by atoms with Gasteiger partial charge in [-0.25, -0.2) is 23.2 Å². The summed E-state index contributed by atoms with van der Waals surface area (Å²) in [5.41, 5.74) is -1.26. The molecule has 2 saturated heterocycles. The minimum absolute atomic E-state index is 0.0101. The lowest BCUT2D eigenvalue weighted by Gasteiger charge is -2.32. The van der Waals surface area contributed by atoms with Gasteiger partial charge >= 0.3 is 13.2 Å². The van der Waals surface area contributed by atoms with Gasteiger partial charge in [0.15, 0.2) is 0 Å². The second-order valence-electron chi connectivity index (χ2n) is 11.0. The van der Waals surface area contributed by atoms with Crippen LogP contribution < -0.4 is 10.8 Å². The van der Waals surface area contributed by atoms with Crippen molar-refractivity contribution in [3.05, 3.63) is 12.4 Å². The van der Waals surface area contributed by atoms with Crippen molar-refractivity contribution in [2.75, 3.05) is 13.1 Å². The van der Waals surface area contributed by atoms with Crippen LogP contribution >= 0.6 is 0 Å². The van der Waals surface area contributed by atoms with Crippen molar-refractivity contribution < 1.29 is 32.1 Å². The van der Waals surface area contributed by atoms with Gasteiger partial charge in [0.05, 0.1) is 16.5 Å². The summed E-state index contributed by atoms with van der Waals surface area (Å²) in [7, 11) is -4.57. The molecule has 3 heterocycles. The van der Waals surface area contributed by atoms with Gasteiger partial charge in [0.2, 0.25) is 20.9 Å². The molecule has 0 radical (unpaired) electrons. The molecule has 2 atom stereocenters. The molecule has 0 aliphatic carbocycles. The molecule has 0 unspecified atom stereocenters. The van der Waals surface area contributed by atoms with Crippen molar-refractivity contribution in [2.45, 2.75) is 95.1 Å². The number of sulfone groups is 1. The third kappa shape index (κ3) is 5.95. The normalized spacial score (nSPS) is 22.7. The molecular weight excluding hydrogens is 475 g/mol. The highest BCUT2D eigenvalue weighted by Gasteiger charge is 2.52. The lowest BCUT2D eigenvalue weighted by Crippen LogP contribution is -2.48. The smallest absolute Gasteiger partial charge is 0.444 e. The Balaban J connectivity index is 1.63. The van der Waals surface area contributed by atoms with E-state index in [2.05, 4.69) is 15.3 Å². The first-order valence-corrected chi connectivity index (χ1v) is 13.2. The van der Waals surface area contributed by atoms with Crippen molar-refractivity contribution in [3.63, 3.8) is 0 Å². The van der Waals surface area contributed by atoms with Gasteiger partial charge in [0, 0.05) is 30.9 Å². The van der Waals surface area contributed by atoms with Gasteiger partial charge in [0.25, 0.3) is 0 Å². The number of hydrogen-bond acceptors (Lipinski definition) is 9. The van der Waals surface area contributed by atoms with Crippen LogP contribution in [-0.4, -0.2) is 83.6 Å². The molecule has 2 aliphatic heterocycles. The standard InChI is InChI=1S/C22H35BN4O7S/c1-14(26-19(29)32-20(2,3)4)17(28)27-10-9-16(13-27)35(30,31)18-24-11-15(12-25-18)23-33-21(5,6)22(7,8)34-23/h11-12,14,16H,9-10,13H2,1-8H3,(H,26,29)/t14-,16-/m0/s1. The van der Waals surface area contributed by atoms with Gasteiger partial charge in [-0.15, -0.1) is 0 Å². The van der Waals surface area contributed by atoms with Crippen LogP contribution in [0.2, 0.25) is 0 Å². The maximum Gasteiger partial charge on any atom is 0.498 e. The average molecular weight is 510 g/mol. The first-order valence-electron chi connectivity index (χ1n) is 11.6. The van der Waals surface area contributed by atoms with Crippen LogP contribution in [0.15, 0.2) is 17.6 Å². The van der Waals surface area contributed by atoms with Crippen molar-refractivity contribution in [1.82, 2.24) is 20.2 Å². The molecule has 0 aromatic carbocycles. The second-order valence-corrected chi connectivity index (χ2v) is 13.1. The predicted molar refractivity (Wildman–Crippen MR) is 129 cm³/mol. The number of carbonyl (C=O) groups is 2. The summed E-state index contributed by atoms with van der Waals surface area (Å²) in [5, 5.41) is 1.34. The van der Waals surface area contributed by atoms with E-state index in [0.29, 0.717) is 5.46 Å². The van der Waals surface area contributed by atoms with Crippen molar-refractivity contribution >= 4 is 34.4 Å². The number of likely N-dealkylation sites (tertiary alicyclic amines) is 1. The number of nitrogens with zero attached hydrogens (tertiary/aromatic N) is 3. The van der Waals surface area contributed by atoms with Crippen molar-refractivity contribution in [1.29, 1.82) is 0 Å². The molecule has 0 spiro atoms. The fourth-order valence-corrected chi connectivity index (χ4v) is 5.21. The molecule has 2 amide bonds. The van der Waals surface area contributed by atoms with Crippen LogP contribution in [0.4, 0.5) is 4.79 Å². The number of amides is 2. The fraction of sp³-hybridized carbons (Fsp3) is 0.727. The molecule has 0 bridgehead atoms. The van der Waals surface area contributed by atoms with Gasteiger partial charge in [-0.2, -0.15) is 0 Å². The zero-order chi connectivity index (χ0) is 26.4. The highest BCUT2D eigenvalue weighted by atomic mass is 32.2. The van der Waals surface area contributed by atoms with Gasteiger partial charge in [0.1, 0.15) is 11.6 Å². The summed E-state index contributed by atoms with van der Waals surface area (Å²) in [4.78, 5) is 34.3. The Morgan fingerprint density at radius 2 is 1.71 bits per heavy atom. The molecule has 11 nitrogen and oxygen atoms in total. The summed E-state index contributed by atoms with van der Waals surface area (Å²) in [6.07, 6.45) is 2.33. The molecule has 1 N–H and O–H groups in total.